The summed E-state index contributed by atoms with van der Waals surface area (Å²) in [6.07, 6.45) is 0. The molecule has 84 valence electrons. The van der Waals surface area contributed by atoms with Crippen LogP contribution in [0.3, 0.4) is 0 Å². The van der Waals surface area contributed by atoms with E-state index in [0.29, 0.717) is 5.52 Å². The molecule has 3 heteroatoms. The first-order chi connectivity index (χ1) is 8.24. The van der Waals surface area contributed by atoms with Gasteiger partial charge in [-0.15, -0.1) is 11.3 Å². The number of aryl methyl sites for hydroxylation is 1. The number of aromatic nitrogens is 1. The first-order valence-electron chi connectivity index (χ1n) is 5.39. The lowest BCUT2D eigenvalue weighted by Gasteiger charge is -1.96. The van der Waals surface area contributed by atoms with E-state index in [2.05, 4.69) is 24.0 Å². The van der Waals surface area contributed by atoms with E-state index in [-0.39, 0.29) is 5.75 Å². The van der Waals surface area contributed by atoms with Crippen molar-refractivity contribution in [3.05, 3.63) is 48.0 Å². The molecule has 0 bridgehead atoms. The van der Waals surface area contributed by atoms with E-state index in [1.165, 1.54) is 5.56 Å². The molecule has 0 unspecified atom stereocenters. The van der Waals surface area contributed by atoms with Crippen molar-refractivity contribution in [2.75, 3.05) is 0 Å². The predicted molar refractivity (Wildman–Crippen MR) is 71.5 cm³/mol. The van der Waals surface area contributed by atoms with Gasteiger partial charge in [-0.1, -0.05) is 29.8 Å². The standard InChI is InChI=1S/C14H11NOS/c1-9-4-2-5-10(8-9)14-15-13-11(16)6-3-7-12(13)17-14/h2-8,16H,1H3. The van der Waals surface area contributed by atoms with Crippen molar-refractivity contribution >= 4 is 21.6 Å². The highest BCUT2D eigenvalue weighted by Gasteiger charge is 2.08. The highest BCUT2D eigenvalue weighted by molar-refractivity contribution is 7.21. The van der Waals surface area contributed by atoms with Crippen molar-refractivity contribution in [2.45, 2.75) is 6.92 Å². The van der Waals surface area contributed by atoms with E-state index < -0.39 is 0 Å². The number of fused-ring (bicyclic) bond motifs is 1. The number of phenols is 1. The van der Waals surface area contributed by atoms with Gasteiger partial charge in [-0.05, 0) is 25.1 Å². The molecule has 2 aromatic carbocycles. The van der Waals surface area contributed by atoms with Gasteiger partial charge in [0.2, 0.25) is 0 Å². The Morgan fingerprint density at radius 3 is 2.71 bits per heavy atom. The molecule has 0 atom stereocenters. The third-order valence-electron chi connectivity index (χ3n) is 2.66. The third-order valence-corrected chi connectivity index (χ3v) is 3.73. The first-order valence-corrected chi connectivity index (χ1v) is 6.21. The average molecular weight is 241 g/mol. The molecule has 0 amide bonds. The van der Waals surface area contributed by atoms with Gasteiger partial charge in [-0.2, -0.15) is 0 Å². The smallest absolute Gasteiger partial charge is 0.142 e. The van der Waals surface area contributed by atoms with Crippen molar-refractivity contribution in [1.82, 2.24) is 4.98 Å². The zero-order valence-corrected chi connectivity index (χ0v) is 10.2. The largest absolute Gasteiger partial charge is 0.506 e. The lowest BCUT2D eigenvalue weighted by atomic mass is 10.1. The van der Waals surface area contributed by atoms with Gasteiger partial charge in [0.15, 0.2) is 0 Å². The van der Waals surface area contributed by atoms with Crippen LogP contribution in [0.1, 0.15) is 5.56 Å². The SMILES string of the molecule is Cc1cccc(-c2nc3c(O)cccc3s2)c1. The van der Waals surface area contributed by atoms with Crippen molar-refractivity contribution in [3.63, 3.8) is 0 Å². The number of para-hydroxylation sites is 1. The quantitative estimate of drug-likeness (QED) is 0.699. The Hall–Kier alpha value is -1.87. The average Bonchev–Trinajstić information content (AvgIpc) is 2.74. The maximum absolute atomic E-state index is 9.73. The van der Waals surface area contributed by atoms with Gasteiger partial charge in [0.1, 0.15) is 16.3 Å². The molecule has 0 spiro atoms. The van der Waals surface area contributed by atoms with Gasteiger partial charge >= 0.3 is 0 Å². The normalized spacial score (nSPS) is 10.9. The van der Waals surface area contributed by atoms with Crippen LogP contribution in [0.15, 0.2) is 42.5 Å². The monoisotopic (exact) mass is 241 g/mol. The van der Waals surface area contributed by atoms with Crippen LogP contribution in [0.2, 0.25) is 0 Å². The van der Waals surface area contributed by atoms with Gasteiger partial charge < -0.3 is 5.11 Å². The lowest BCUT2D eigenvalue weighted by molar-refractivity contribution is 0.480. The highest BCUT2D eigenvalue weighted by atomic mass is 32.1. The summed E-state index contributed by atoms with van der Waals surface area (Å²) in [5.41, 5.74) is 3.01. The zero-order valence-electron chi connectivity index (χ0n) is 9.34. The molecule has 1 N–H and O–H groups in total. The van der Waals surface area contributed by atoms with Crippen LogP contribution in [0.5, 0.6) is 5.75 Å². The van der Waals surface area contributed by atoms with Crippen LogP contribution in [0.25, 0.3) is 20.8 Å². The second-order valence-electron chi connectivity index (χ2n) is 4.01. The second kappa shape index (κ2) is 3.86. The fourth-order valence-corrected chi connectivity index (χ4v) is 2.82. The fraction of sp³-hybridized carbons (Fsp3) is 0.0714. The fourth-order valence-electron chi connectivity index (χ4n) is 1.84. The van der Waals surface area contributed by atoms with Crippen molar-refractivity contribution in [3.8, 4) is 16.3 Å². The Morgan fingerprint density at radius 1 is 1.12 bits per heavy atom. The summed E-state index contributed by atoms with van der Waals surface area (Å²) >= 11 is 1.60. The van der Waals surface area contributed by atoms with E-state index in [4.69, 9.17) is 0 Å². The Bertz CT molecular complexity index is 688. The highest BCUT2D eigenvalue weighted by Crippen LogP contribution is 2.34. The van der Waals surface area contributed by atoms with Gasteiger partial charge in [0.05, 0.1) is 4.70 Å². The molecule has 0 saturated carbocycles. The predicted octanol–water partition coefficient (Wildman–Crippen LogP) is 3.98. The van der Waals surface area contributed by atoms with E-state index in [9.17, 15) is 5.11 Å². The van der Waals surface area contributed by atoms with E-state index >= 15 is 0 Å². The maximum Gasteiger partial charge on any atom is 0.142 e. The summed E-state index contributed by atoms with van der Waals surface area (Å²) in [6.45, 7) is 2.06. The van der Waals surface area contributed by atoms with Crippen LogP contribution >= 0.6 is 11.3 Å². The molecule has 0 saturated heterocycles. The second-order valence-corrected chi connectivity index (χ2v) is 5.04. The van der Waals surface area contributed by atoms with Crippen LogP contribution in [0, 0.1) is 6.92 Å². The van der Waals surface area contributed by atoms with Crippen LogP contribution in [-0.2, 0) is 0 Å². The molecule has 0 aliphatic rings. The Labute approximate surface area is 103 Å². The van der Waals surface area contributed by atoms with Crippen LogP contribution < -0.4 is 0 Å². The minimum absolute atomic E-state index is 0.248. The Balaban J connectivity index is 2.22. The summed E-state index contributed by atoms with van der Waals surface area (Å²) in [5, 5.41) is 10.7. The number of nitrogens with zero attached hydrogens (tertiary/aromatic N) is 1. The molecule has 17 heavy (non-hydrogen) atoms. The number of thiazole rings is 1. The minimum Gasteiger partial charge on any atom is -0.506 e. The summed E-state index contributed by atoms with van der Waals surface area (Å²) in [6, 6.07) is 13.7. The molecule has 3 rings (SSSR count). The molecule has 0 aliphatic heterocycles. The molecular weight excluding hydrogens is 230 g/mol. The molecule has 3 aromatic rings. The van der Waals surface area contributed by atoms with Crippen molar-refractivity contribution in [1.29, 1.82) is 0 Å². The zero-order chi connectivity index (χ0) is 11.8. The summed E-state index contributed by atoms with van der Waals surface area (Å²) in [7, 11) is 0. The molecule has 2 nitrogen and oxygen atoms in total. The van der Waals surface area contributed by atoms with Crippen molar-refractivity contribution in [2.24, 2.45) is 0 Å². The number of hydrogen-bond donors (Lipinski definition) is 1. The summed E-state index contributed by atoms with van der Waals surface area (Å²) in [4.78, 5) is 4.49. The molecule has 0 radical (unpaired) electrons. The van der Waals surface area contributed by atoms with Gasteiger partial charge in [0, 0.05) is 5.56 Å². The van der Waals surface area contributed by atoms with Crippen molar-refractivity contribution < 1.29 is 5.11 Å². The molecule has 1 aromatic heterocycles. The summed E-state index contributed by atoms with van der Waals surface area (Å²) in [5.74, 6) is 0.248. The first kappa shape index (κ1) is 10.3. The maximum atomic E-state index is 9.73. The third kappa shape index (κ3) is 1.78. The Kier molecular flexibility index (Phi) is 2.34. The van der Waals surface area contributed by atoms with E-state index in [1.54, 1.807) is 17.4 Å². The van der Waals surface area contributed by atoms with Crippen LogP contribution in [0.4, 0.5) is 0 Å². The summed E-state index contributed by atoms with van der Waals surface area (Å²) < 4.78 is 1.02. The Morgan fingerprint density at radius 2 is 1.94 bits per heavy atom. The lowest BCUT2D eigenvalue weighted by Crippen LogP contribution is -1.77. The van der Waals surface area contributed by atoms with E-state index in [1.807, 2.05) is 24.3 Å². The minimum atomic E-state index is 0.248. The number of benzene rings is 2. The molecule has 0 aliphatic carbocycles. The molecule has 0 fully saturated rings. The number of rotatable bonds is 1. The van der Waals surface area contributed by atoms with Gasteiger partial charge in [0.25, 0.3) is 0 Å². The molecular formula is C14H11NOS. The van der Waals surface area contributed by atoms with Gasteiger partial charge in [-0.25, -0.2) is 4.98 Å². The van der Waals surface area contributed by atoms with Crippen LogP contribution in [-0.4, -0.2) is 10.1 Å². The van der Waals surface area contributed by atoms with Gasteiger partial charge in [-0.3, -0.25) is 0 Å². The number of phenolic OH excluding ortho intramolecular Hbond substituents is 1. The number of aromatic hydroxyl groups is 1. The topological polar surface area (TPSA) is 33.1 Å². The number of hydrogen-bond acceptors (Lipinski definition) is 3. The van der Waals surface area contributed by atoms with E-state index in [0.717, 1.165) is 15.3 Å². The molecule has 1 heterocycles.